The molecule has 0 aliphatic heterocycles. The van der Waals surface area contributed by atoms with E-state index in [0.717, 1.165) is 49.3 Å². The first-order valence-corrected chi connectivity index (χ1v) is 8.96. The van der Waals surface area contributed by atoms with Gasteiger partial charge in [0.1, 0.15) is 11.5 Å². The minimum atomic E-state index is 0.735. The number of hydrogen-bond acceptors (Lipinski definition) is 2. The van der Waals surface area contributed by atoms with Gasteiger partial charge in [0.05, 0.1) is 13.2 Å². The van der Waals surface area contributed by atoms with Gasteiger partial charge >= 0.3 is 0 Å². The Morgan fingerprint density at radius 1 is 0.682 bits per heavy atom. The van der Waals surface area contributed by atoms with Crippen LogP contribution in [0.5, 0.6) is 11.5 Å². The number of alkyl halides is 1. The first kappa shape index (κ1) is 16.9. The Labute approximate surface area is 141 Å². The molecular weight excluding hydrogens is 340 g/mol. The molecule has 0 spiro atoms. The Morgan fingerprint density at radius 2 is 1.27 bits per heavy atom. The van der Waals surface area contributed by atoms with E-state index in [4.69, 9.17) is 9.47 Å². The van der Waals surface area contributed by atoms with Crippen molar-refractivity contribution >= 4 is 15.9 Å². The molecule has 0 aliphatic rings. The van der Waals surface area contributed by atoms with Crippen LogP contribution in [0.3, 0.4) is 0 Å². The van der Waals surface area contributed by atoms with Crippen LogP contribution < -0.4 is 9.47 Å². The summed E-state index contributed by atoms with van der Waals surface area (Å²) in [5, 5.41) is 1.05. The van der Waals surface area contributed by atoms with Crippen LogP contribution in [0.15, 0.2) is 54.6 Å². The summed E-state index contributed by atoms with van der Waals surface area (Å²) < 4.78 is 11.4. The van der Waals surface area contributed by atoms with Crippen LogP contribution in [0.1, 0.15) is 24.8 Å². The maximum Gasteiger partial charge on any atom is 0.119 e. The van der Waals surface area contributed by atoms with Gasteiger partial charge in [-0.2, -0.15) is 0 Å². The topological polar surface area (TPSA) is 18.5 Å². The van der Waals surface area contributed by atoms with Crippen LogP contribution in [0.4, 0.5) is 0 Å². The number of aryl methyl sites for hydroxylation is 1. The van der Waals surface area contributed by atoms with Gasteiger partial charge in [0, 0.05) is 5.33 Å². The fourth-order valence-electron chi connectivity index (χ4n) is 2.12. The second-order valence-corrected chi connectivity index (χ2v) is 5.95. The highest BCUT2D eigenvalue weighted by Gasteiger charge is 1.97. The third-order valence-corrected chi connectivity index (χ3v) is 3.90. The van der Waals surface area contributed by atoms with Gasteiger partial charge in [-0.1, -0.05) is 46.3 Å². The first-order chi connectivity index (χ1) is 10.9. The third-order valence-electron chi connectivity index (χ3n) is 3.34. The molecule has 3 heteroatoms. The summed E-state index contributed by atoms with van der Waals surface area (Å²) in [5.74, 6) is 1.88. The van der Waals surface area contributed by atoms with E-state index in [-0.39, 0.29) is 0 Å². The van der Waals surface area contributed by atoms with Crippen molar-refractivity contribution in [3.05, 3.63) is 60.2 Å². The van der Waals surface area contributed by atoms with Gasteiger partial charge in [-0.15, -0.1) is 0 Å². The molecule has 118 valence electrons. The molecule has 2 aromatic carbocycles. The lowest BCUT2D eigenvalue weighted by Crippen LogP contribution is -2.02. The zero-order chi connectivity index (χ0) is 15.5. The quantitative estimate of drug-likeness (QED) is 0.424. The molecule has 2 rings (SSSR count). The van der Waals surface area contributed by atoms with E-state index in [9.17, 15) is 0 Å². The van der Waals surface area contributed by atoms with Gasteiger partial charge in [-0.25, -0.2) is 0 Å². The summed E-state index contributed by atoms with van der Waals surface area (Å²) in [6.07, 6.45) is 4.28. The molecule has 2 nitrogen and oxygen atoms in total. The maximum atomic E-state index is 5.75. The van der Waals surface area contributed by atoms with Gasteiger partial charge in [-0.05, 0) is 55.5 Å². The predicted octanol–water partition coefficient (Wildman–Crippen LogP) is 5.25. The highest BCUT2D eigenvalue weighted by Crippen LogP contribution is 2.14. The van der Waals surface area contributed by atoms with Crippen molar-refractivity contribution in [3.8, 4) is 11.5 Å². The first-order valence-electron chi connectivity index (χ1n) is 7.84. The number of para-hydroxylation sites is 1. The Hall–Kier alpha value is -1.48. The smallest absolute Gasteiger partial charge is 0.119 e. The van der Waals surface area contributed by atoms with Gasteiger partial charge < -0.3 is 9.47 Å². The molecule has 22 heavy (non-hydrogen) atoms. The summed E-state index contributed by atoms with van der Waals surface area (Å²) in [6.45, 7) is 1.47. The fourth-order valence-corrected chi connectivity index (χ4v) is 2.40. The lowest BCUT2D eigenvalue weighted by Gasteiger charge is -2.08. The summed E-state index contributed by atoms with van der Waals surface area (Å²) in [7, 11) is 0. The number of ether oxygens (including phenoxy) is 2. The van der Waals surface area contributed by atoms with E-state index >= 15 is 0 Å². The molecule has 0 aromatic heterocycles. The fraction of sp³-hybridized carbons (Fsp3) is 0.368. The predicted molar refractivity (Wildman–Crippen MR) is 95.2 cm³/mol. The molecular formula is C19H23BrO2. The molecule has 2 aromatic rings. The van der Waals surface area contributed by atoms with Crippen LogP contribution >= 0.6 is 15.9 Å². The van der Waals surface area contributed by atoms with Crippen LogP contribution in [-0.4, -0.2) is 18.5 Å². The second kappa shape index (κ2) is 10.3. The van der Waals surface area contributed by atoms with Gasteiger partial charge in [-0.3, -0.25) is 0 Å². The lowest BCUT2D eigenvalue weighted by molar-refractivity contribution is 0.266. The molecule has 0 saturated heterocycles. The van der Waals surface area contributed by atoms with Crippen molar-refractivity contribution in [1.29, 1.82) is 0 Å². The average Bonchev–Trinajstić information content (AvgIpc) is 2.58. The zero-order valence-electron chi connectivity index (χ0n) is 12.8. The molecule has 0 saturated carbocycles. The van der Waals surface area contributed by atoms with Crippen molar-refractivity contribution in [1.82, 2.24) is 0 Å². The molecule has 0 fully saturated rings. The molecule has 0 bridgehead atoms. The van der Waals surface area contributed by atoms with E-state index in [1.165, 1.54) is 12.0 Å². The Kier molecular flexibility index (Phi) is 7.89. The number of hydrogen-bond donors (Lipinski definition) is 0. The van der Waals surface area contributed by atoms with Crippen molar-refractivity contribution in [3.63, 3.8) is 0 Å². The van der Waals surface area contributed by atoms with Crippen molar-refractivity contribution in [2.45, 2.75) is 25.7 Å². The Morgan fingerprint density at radius 3 is 1.86 bits per heavy atom. The van der Waals surface area contributed by atoms with E-state index < -0.39 is 0 Å². The van der Waals surface area contributed by atoms with E-state index in [1.807, 2.05) is 30.3 Å². The minimum Gasteiger partial charge on any atom is -0.494 e. The van der Waals surface area contributed by atoms with Crippen molar-refractivity contribution < 1.29 is 9.47 Å². The lowest BCUT2D eigenvalue weighted by atomic mass is 10.1. The molecule has 0 heterocycles. The van der Waals surface area contributed by atoms with Crippen molar-refractivity contribution in [2.75, 3.05) is 18.5 Å². The standard InChI is InChI=1S/C19H23BrO2/c20-14-6-7-17-10-12-19(13-11-17)22-16-5-4-15-21-18-8-2-1-3-9-18/h1-3,8-13H,4-7,14-16H2. The molecule has 0 radical (unpaired) electrons. The Balaban J connectivity index is 1.56. The number of unbranched alkanes of at least 4 members (excludes halogenated alkanes) is 1. The molecule has 0 aliphatic carbocycles. The summed E-state index contributed by atoms with van der Waals surface area (Å²) in [4.78, 5) is 0. The van der Waals surface area contributed by atoms with Crippen LogP contribution in [-0.2, 0) is 6.42 Å². The van der Waals surface area contributed by atoms with Crippen LogP contribution in [0.2, 0.25) is 0 Å². The van der Waals surface area contributed by atoms with Crippen LogP contribution in [0.25, 0.3) is 0 Å². The van der Waals surface area contributed by atoms with Crippen LogP contribution in [0, 0.1) is 0 Å². The SMILES string of the molecule is BrCCCc1ccc(OCCCCOc2ccccc2)cc1. The monoisotopic (exact) mass is 362 g/mol. The highest BCUT2D eigenvalue weighted by atomic mass is 79.9. The highest BCUT2D eigenvalue weighted by molar-refractivity contribution is 9.09. The van der Waals surface area contributed by atoms with Gasteiger partial charge in [0.2, 0.25) is 0 Å². The number of rotatable bonds is 10. The number of halogens is 1. The zero-order valence-corrected chi connectivity index (χ0v) is 14.4. The van der Waals surface area contributed by atoms with E-state index in [2.05, 4.69) is 40.2 Å². The number of benzene rings is 2. The average molecular weight is 363 g/mol. The third kappa shape index (κ3) is 6.52. The van der Waals surface area contributed by atoms with Gasteiger partial charge in [0.15, 0.2) is 0 Å². The van der Waals surface area contributed by atoms with E-state index in [0.29, 0.717) is 0 Å². The maximum absolute atomic E-state index is 5.75. The molecule has 0 N–H and O–H groups in total. The van der Waals surface area contributed by atoms with E-state index in [1.54, 1.807) is 0 Å². The Bertz CT molecular complexity index is 511. The normalized spacial score (nSPS) is 10.4. The summed E-state index contributed by atoms with van der Waals surface area (Å²) in [5.41, 5.74) is 1.36. The van der Waals surface area contributed by atoms with Crippen molar-refractivity contribution in [2.24, 2.45) is 0 Å². The minimum absolute atomic E-state index is 0.735. The summed E-state index contributed by atoms with van der Waals surface area (Å²) in [6, 6.07) is 18.3. The largest absolute Gasteiger partial charge is 0.494 e. The molecule has 0 unspecified atom stereocenters. The second-order valence-electron chi connectivity index (χ2n) is 5.15. The summed E-state index contributed by atoms with van der Waals surface area (Å²) >= 11 is 3.46. The van der Waals surface area contributed by atoms with Gasteiger partial charge in [0.25, 0.3) is 0 Å². The molecule has 0 amide bonds. The molecule has 0 atom stereocenters.